The molecule has 2 aromatic carbocycles. The lowest BCUT2D eigenvalue weighted by molar-refractivity contribution is 0.577. The van der Waals surface area contributed by atoms with Crippen LogP contribution in [-0.4, -0.2) is 18.1 Å². The summed E-state index contributed by atoms with van der Waals surface area (Å²) in [5.41, 5.74) is 4.44. The predicted molar refractivity (Wildman–Crippen MR) is 108 cm³/mol. The Hall–Kier alpha value is -2.68. The van der Waals surface area contributed by atoms with E-state index in [1.807, 2.05) is 48.7 Å². The molecule has 0 radical (unpaired) electrons. The summed E-state index contributed by atoms with van der Waals surface area (Å²) in [5.74, 6) is -0.182. The fraction of sp³-hybridized carbons (Fsp3) is 0.261. The minimum Gasteiger partial charge on any atom is -0.371 e. The van der Waals surface area contributed by atoms with E-state index in [4.69, 9.17) is 0 Å². The van der Waals surface area contributed by atoms with Gasteiger partial charge in [0.25, 0.3) is 0 Å². The lowest BCUT2D eigenvalue weighted by Crippen LogP contribution is -2.30. The van der Waals surface area contributed by atoms with E-state index in [9.17, 15) is 4.39 Å². The molecule has 132 valence electrons. The number of pyridine rings is 1. The zero-order valence-corrected chi connectivity index (χ0v) is 15.1. The van der Waals surface area contributed by atoms with E-state index in [1.54, 1.807) is 0 Å². The first kappa shape index (κ1) is 16.8. The molecule has 3 heteroatoms. The highest BCUT2D eigenvalue weighted by atomic mass is 19.1. The van der Waals surface area contributed by atoms with Crippen molar-refractivity contribution in [3.63, 3.8) is 0 Å². The van der Waals surface area contributed by atoms with Gasteiger partial charge in [-0.15, -0.1) is 0 Å². The number of aryl methyl sites for hydroxylation is 1. The molecule has 4 rings (SSSR count). The Morgan fingerprint density at radius 2 is 1.73 bits per heavy atom. The minimum absolute atomic E-state index is 0.182. The van der Waals surface area contributed by atoms with Crippen molar-refractivity contribution in [1.82, 2.24) is 4.98 Å². The maximum Gasteiger partial charge on any atom is 0.131 e. The predicted octanol–water partition coefficient (Wildman–Crippen LogP) is 5.84. The molecule has 2 heterocycles. The largest absolute Gasteiger partial charge is 0.371 e. The van der Waals surface area contributed by atoms with Crippen LogP contribution in [0, 0.1) is 12.7 Å². The van der Waals surface area contributed by atoms with E-state index in [0.717, 1.165) is 29.7 Å². The van der Waals surface area contributed by atoms with E-state index in [1.165, 1.54) is 36.6 Å². The first-order valence-corrected chi connectivity index (χ1v) is 9.29. The number of halogens is 1. The summed E-state index contributed by atoms with van der Waals surface area (Å²) in [6.07, 6.45) is 9.84. The van der Waals surface area contributed by atoms with Crippen molar-refractivity contribution in [3.8, 4) is 0 Å². The molecule has 0 atom stereocenters. The van der Waals surface area contributed by atoms with Crippen molar-refractivity contribution in [2.45, 2.75) is 26.2 Å². The summed E-state index contributed by atoms with van der Waals surface area (Å²) in [4.78, 5) is 7.02. The Morgan fingerprint density at radius 1 is 0.962 bits per heavy atom. The topological polar surface area (TPSA) is 16.1 Å². The number of benzene rings is 2. The van der Waals surface area contributed by atoms with Gasteiger partial charge in [-0.05, 0) is 60.9 Å². The highest BCUT2D eigenvalue weighted by Gasteiger charge is 2.13. The van der Waals surface area contributed by atoms with Crippen LogP contribution in [0.2, 0.25) is 0 Å². The fourth-order valence-electron chi connectivity index (χ4n) is 3.70. The van der Waals surface area contributed by atoms with E-state index < -0.39 is 0 Å². The number of hydrogen-bond acceptors (Lipinski definition) is 2. The van der Waals surface area contributed by atoms with Crippen molar-refractivity contribution >= 4 is 28.6 Å². The maximum atomic E-state index is 14.0. The lowest BCUT2D eigenvalue weighted by Gasteiger charge is -2.30. The van der Waals surface area contributed by atoms with Gasteiger partial charge in [-0.3, -0.25) is 4.98 Å². The first-order chi connectivity index (χ1) is 12.7. The fourth-order valence-corrected chi connectivity index (χ4v) is 3.70. The molecule has 3 aromatic rings. The molecule has 1 saturated heterocycles. The van der Waals surface area contributed by atoms with E-state index in [0.29, 0.717) is 5.39 Å². The molecule has 26 heavy (non-hydrogen) atoms. The summed E-state index contributed by atoms with van der Waals surface area (Å²) in [6.45, 7) is 4.37. The van der Waals surface area contributed by atoms with Crippen molar-refractivity contribution in [1.29, 1.82) is 0 Å². The SMILES string of the molecule is Cc1cnc(/C=C\c2ccc(F)c3ccccc23)cc1N1CCCCC1. The van der Waals surface area contributed by atoms with Crippen LogP contribution in [-0.2, 0) is 0 Å². The molecule has 1 aromatic heterocycles. The lowest BCUT2D eigenvalue weighted by atomic mass is 10.0. The third-order valence-corrected chi connectivity index (χ3v) is 5.13. The van der Waals surface area contributed by atoms with Gasteiger partial charge in [-0.2, -0.15) is 0 Å². The van der Waals surface area contributed by atoms with Crippen LogP contribution >= 0.6 is 0 Å². The number of fused-ring (bicyclic) bond motifs is 1. The van der Waals surface area contributed by atoms with Gasteiger partial charge in [0, 0.05) is 30.4 Å². The van der Waals surface area contributed by atoms with Gasteiger partial charge in [0.15, 0.2) is 0 Å². The Kier molecular flexibility index (Phi) is 4.70. The third kappa shape index (κ3) is 3.34. The van der Waals surface area contributed by atoms with Crippen molar-refractivity contribution in [3.05, 3.63) is 71.3 Å². The minimum atomic E-state index is -0.182. The molecular formula is C23H23FN2. The summed E-state index contributed by atoms with van der Waals surface area (Å²) < 4.78 is 14.0. The van der Waals surface area contributed by atoms with Crippen molar-refractivity contribution in [2.75, 3.05) is 18.0 Å². The molecule has 0 saturated carbocycles. The van der Waals surface area contributed by atoms with Gasteiger partial charge < -0.3 is 4.90 Å². The van der Waals surface area contributed by atoms with Crippen LogP contribution in [0.15, 0.2) is 48.7 Å². The van der Waals surface area contributed by atoms with Gasteiger partial charge in [-0.25, -0.2) is 4.39 Å². The van der Waals surface area contributed by atoms with Gasteiger partial charge >= 0.3 is 0 Å². The summed E-state index contributed by atoms with van der Waals surface area (Å²) in [5, 5.41) is 1.58. The van der Waals surface area contributed by atoms with Crippen molar-refractivity contribution in [2.24, 2.45) is 0 Å². The van der Waals surface area contributed by atoms with E-state index in [-0.39, 0.29) is 5.82 Å². The standard InChI is InChI=1S/C23H23FN2/c1-17-16-25-19(15-23(17)26-13-5-2-6-14-26)11-9-18-10-12-22(24)21-8-4-3-7-20(18)21/h3-4,7-12,15-16H,2,5-6,13-14H2,1H3/b11-9-. The maximum absolute atomic E-state index is 14.0. The Bertz CT molecular complexity index is 956. The number of hydrogen-bond donors (Lipinski definition) is 0. The van der Waals surface area contributed by atoms with Gasteiger partial charge in [0.2, 0.25) is 0 Å². The summed E-state index contributed by atoms with van der Waals surface area (Å²) in [7, 11) is 0. The highest BCUT2D eigenvalue weighted by Crippen LogP contribution is 2.26. The average molecular weight is 346 g/mol. The van der Waals surface area contributed by atoms with Crippen LogP contribution in [0.3, 0.4) is 0 Å². The third-order valence-electron chi connectivity index (χ3n) is 5.13. The Labute approximate surface area is 154 Å². The molecular weight excluding hydrogens is 323 g/mol. The van der Waals surface area contributed by atoms with Gasteiger partial charge in [0.1, 0.15) is 5.82 Å². The molecule has 2 nitrogen and oxygen atoms in total. The smallest absolute Gasteiger partial charge is 0.131 e. The summed E-state index contributed by atoms with van der Waals surface area (Å²) >= 11 is 0. The quantitative estimate of drug-likeness (QED) is 0.592. The second kappa shape index (κ2) is 7.28. The number of anilines is 1. The highest BCUT2D eigenvalue weighted by molar-refractivity contribution is 5.93. The molecule has 0 spiro atoms. The van der Waals surface area contributed by atoms with Gasteiger partial charge in [0.05, 0.1) is 5.69 Å². The molecule has 1 aliphatic rings. The monoisotopic (exact) mass is 346 g/mol. The Balaban J connectivity index is 1.66. The molecule has 0 unspecified atom stereocenters. The van der Waals surface area contributed by atoms with Crippen LogP contribution in [0.25, 0.3) is 22.9 Å². The molecule has 0 aliphatic carbocycles. The summed E-state index contributed by atoms with van der Waals surface area (Å²) in [6, 6.07) is 13.1. The number of nitrogens with zero attached hydrogens (tertiary/aromatic N) is 2. The van der Waals surface area contributed by atoms with E-state index >= 15 is 0 Å². The number of piperidine rings is 1. The molecule has 1 fully saturated rings. The first-order valence-electron chi connectivity index (χ1n) is 9.29. The second-order valence-electron chi connectivity index (χ2n) is 6.96. The zero-order valence-electron chi connectivity index (χ0n) is 15.1. The van der Waals surface area contributed by atoms with Crippen LogP contribution in [0.4, 0.5) is 10.1 Å². The number of aromatic nitrogens is 1. The molecule has 1 aliphatic heterocycles. The number of rotatable bonds is 3. The normalized spacial score (nSPS) is 15.1. The Morgan fingerprint density at radius 3 is 2.54 bits per heavy atom. The van der Waals surface area contributed by atoms with Crippen LogP contribution < -0.4 is 4.90 Å². The van der Waals surface area contributed by atoms with Gasteiger partial charge in [-0.1, -0.05) is 36.4 Å². The van der Waals surface area contributed by atoms with E-state index in [2.05, 4.69) is 22.9 Å². The average Bonchev–Trinajstić information content (AvgIpc) is 2.69. The molecule has 0 bridgehead atoms. The van der Waals surface area contributed by atoms with Crippen molar-refractivity contribution < 1.29 is 4.39 Å². The molecule has 0 N–H and O–H groups in total. The second-order valence-corrected chi connectivity index (χ2v) is 6.96. The zero-order chi connectivity index (χ0) is 17.9. The molecule has 0 amide bonds. The van der Waals surface area contributed by atoms with Crippen LogP contribution in [0.5, 0.6) is 0 Å². The van der Waals surface area contributed by atoms with Crippen LogP contribution in [0.1, 0.15) is 36.1 Å².